The Morgan fingerprint density at radius 2 is 1.13 bits per heavy atom. The predicted octanol–water partition coefficient (Wildman–Crippen LogP) is 3.18. The Morgan fingerprint density at radius 1 is 0.478 bits per heavy atom. The van der Waals surface area contributed by atoms with Crippen LogP contribution in [-0.2, 0) is 0 Å². The van der Waals surface area contributed by atoms with E-state index < -0.39 is 0 Å². The highest BCUT2D eigenvalue weighted by Gasteiger charge is 3.40. The number of hydrogen-bond donors (Lipinski definition) is 0. The smallest absolute Gasteiger partial charge is 0.00539 e. The van der Waals surface area contributed by atoms with E-state index in [-0.39, 0.29) is 0 Å². The SMILES string of the molecule is C1C2CC34CC5C6C7CC8C9CC%10C%11C%12C1C23C%121C54C62C87C9%10C%1112. The van der Waals surface area contributed by atoms with E-state index >= 15 is 0 Å². The lowest BCUT2D eigenvalue weighted by Crippen LogP contribution is -3.39. The second-order valence-electron chi connectivity index (χ2n) is 13.9. The maximum atomic E-state index is 1.79. The molecule has 14 aliphatic carbocycles. The third kappa shape index (κ3) is 0.229. The summed E-state index contributed by atoms with van der Waals surface area (Å²) in [5, 5.41) is 0. The van der Waals surface area contributed by atoms with Crippen LogP contribution in [0.15, 0.2) is 0 Å². The van der Waals surface area contributed by atoms with Gasteiger partial charge in [0, 0.05) is 0 Å². The maximum Gasteiger partial charge on any atom is -0.00539 e. The third-order valence-corrected chi connectivity index (χ3v) is 17.6. The summed E-state index contributed by atoms with van der Waals surface area (Å²) in [6.45, 7) is 0. The summed E-state index contributed by atoms with van der Waals surface area (Å²) in [5.41, 5.74) is 8.73. The van der Waals surface area contributed by atoms with Crippen molar-refractivity contribution >= 4 is 0 Å². The van der Waals surface area contributed by atoms with Crippen molar-refractivity contribution in [1.29, 1.82) is 0 Å². The second-order valence-corrected chi connectivity index (χ2v) is 13.9. The van der Waals surface area contributed by atoms with Gasteiger partial charge in [0.15, 0.2) is 0 Å². The first-order valence-corrected chi connectivity index (χ1v) is 11.4. The fourth-order valence-electron chi connectivity index (χ4n) is 20.8. The standard InChI is InChI=1S/C23H20/c1-6-4-16-5-12-13-10-2-7-8-3-11-15-14-9(1)17(6,16)22(14)20(12,16)21(13)18(7,10)19(8,11)23(15,21)22/h6-15H,1-5H2. The molecule has 0 aromatic rings. The molecule has 0 aromatic heterocycles. The van der Waals surface area contributed by atoms with Gasteiger partial charge in [-0.25, -0.2) is 0 Å². The van der Waals surface area contributed by atoms with Crippen molar-refractivity contribution in [2.24, 2.45) is 102 Å². The Labute approximate surface area is 135 Å². The van der Waals surface area contributed by atoms with Crippen molar-refractivity contribution in [3.8, 4) is 0 Å². The van der Waals surface area contributed by atoms with Gasteiger partial charge < -0.3 is 0 Å². The van der Waals surface area contributed by atoms with Crippen LogP contribution in [0.1, 0.15) is 32.1 Å². The molecule has 8 spiro atoms. The maximum absolute atomic E-state index is 1.79. The molecule has 18 atom stereocenters. The predicted molar refractivity (Wildman–Crippen MR) is 77.4 cm³/mol. The average molecular weight is 296 g/mol. The summed E-state index contributed by atoms with van der Waals surface area (Å²) in [4.78, 5) is 0. The summed E-state index contributed by atoms with van der Waals surface area (Å²) in [5.74, 6) is 13.3. The zero-order valence-electron chi connectivity index (χ0n) is 13.3. The highest BCUT2D eigenvalue weighted by Crippen LogP contribution is 3.42. The zero-order valence-corrected chi connectivity index (χ0v) is 13.3. The van der Waals surface area contributed by atoms with Crippen molar-refractivity contribution in [2.75, 3.05) is 0 Å². The molecule has 0 heteroatoms. The quantitative estimate of drug-likeness (QED) is 0.644. The van der Waals surface area contributed by atoms with E-state index in [1.165, 1.54) is 59.2 Å². The first kappa shape index (κ1) is 8.59. The number of rotatable bonds is 0. The molecule has 18 unspecified atom stereocenters. The molecular weight excluding hydrogens is 276 g/mol. The molecule has 14 fully saturated rings. The van der Waals surface area contributed by atoms with Crippen LogP contribution in [0.3, 0.4) is 0 Å². The Balaban J connectivity index is 1.27. The Hall–Kier alpha value is 0. The van der Waals surface area contributed by atoms with Gasteiger partial charge in [-0.1, -0.05) is 0 Å². The van der Waals surface area contributed by atoms with Gasteiger partial charge in [-0.3, -0.25) is 0 Å². The van der Waals surface area contributed by atoms with Crippen molar-refractivity contribution < 1.29 is 0 Å². The molecule has 0 aromatic carbocycles. The molecule has 0 aliphatic heterocycles. The van der Waals surface area contributed by atoms with Gasteiger partial charge in [-0.15, -0.1) is 0 Å². The van der Waals surface area contributed by atoms with Crippen LogP contribution in [-0.4, -0.2) is 0 Å². The Morgan fingerprint density at radius 3 is 1.91 bits per heavy atom. The van der Waals surface area contributed by atoms with Crippen LogP contribution in [0.5, 0.6) is 0 Å². The minimum atomic E-state index is 1.04. The first-order chi connectivity index (χ1) is 11.4. The van der Waals surface area contributed by atoms with Gasteiger partial charge in [-0.05, 0) is 135 Å². The average Bonchev–Trinajstić information content (AvgIpc) is 2.41. The van der Waals surface area contributed by atoms with E-state index in [0.29, 0.717) is 0 Å². The van der Waals surface area contributed by atoms with Gasteiger partial charge in [0.1, 0.15) is 0 Å². The highest BCUT2D eigenvalue weighted by molar-refractivity contribution is 5.85. The van der Waals surface area contributed by atoms with Gasteiger partial charge in [0.05, 0.1) is 0 Å². The minimum Gasteiger partial charge on any atom is -0.0461 e. The molecular formula is C23H20. The molecule has 0 radical (unpaired) electrons. The molecule has 0 bridgehead atoms. The molecule has 14 rings (SSSR count). The summed E-state index contributed by atoms with van der Waals surface area (Å²) < 4.78 is 0. The van der Waals surface area contributed by atoms with Crippen molar-refractivity contribution in [3.05, 3.63) is 0 Å². The van der Waals surface area contributed by atoms with Crippen LogP contribution in [0, 0.1) is 102 Å². The van der Waals surface area contributed by atoms with Crippen LogP contribution >= 0.6 is 0 Å². The molecule has 0 heterocycles. The largest absolute Gasteiger partial charge is 0.0461 e. The summed E-state index contributed by atoms with van der Waals surface area (Å²) in [6, 6.07) is 0. The van der Waals surface area contributed by atoms with Gasteiger partial charge >= 0.3 is 0 Å². The summed E-state index contributed by atoms with van der Waals surface area (Å²) in [7, 11) is 0. The van der Waals surface area contributed by atoms with E-state index in [4.69, 9.17) is 0 Å². The summed E-state index contributed by atoms with van der Waals surface area (Å²) in [6.07, 6.45) is 8.80. The number of hydrogen-bond acceptors (Lipinski definition) is 0. The highest BCUT2D eigenvalue weighted by atomic mass is 15.4. The lowest BCUT2D eigenvalue weighted by Gasteiger charge is -3.41. The van der Waals surface area contributed by atoms with Crippen molar-refractivity contribution in [2.45, 2.75) is 32.1 Å². The lowest BCUT2D eigenvalue weighted by atomic mass is 8.61. The fourth-order valence-corrected chi connectivity index (χ4v) is 20.8. The molecule has 0 amide bonds. The topological polar surface area (TPSA) is 0 Å². The van der Waals surface area contributed by atoms with E-state index in [1.807, 2.05) is 0 Å². The first-order valence-electron chi connectivity index (χ1n) is 11.4. The molecule has 112 valence electrons. The molecule has 0 N–H and O–H groups in total. The Kier molecular flexibility index (Phi) is 0.526. The third-order valence-electron chi connectivity index (χ3n) is 17.6. The normalized spacial score (nSPS) is 119. The van der Waals surface area contributed by atoms with Crippen LogP contribution in [0.25, 0.3) is 0 Å². The molecule has 14 aliphatic rings. The van der Waals surface area contributed by atoms with Crippen molar-refractivity contribution in [1.82, 2.24) is 0 Å². The van der Waals surface area contributed by atoms with E-state index in [1.54, 1.807) is 32.1 Å². The summed E-state index contributed by atoms with van der Waals surface area (Å²) >= 11 is 0. The lowest BCUT2D eigenvalue weighted by molar-refractivity contribution is -0.962. The van der Waals surface area contributed by atoms with E-state index in [0.717, 1.165) is 43.3 Å². The van der Waals surface area contributed by atoms with Crippen LogP contribution in [0.2, 0.25) is 0 Å². The zero-order chi connectivity index (χ0) is 13.3. The van der Waals surface area contributed by atoms with Crippen LogP contribution < -0.4 is 0 Å². The number of fused-ring (bicyclic) bond motifs is 6. The minimum absolute atomic E-state index is 1.04. The monoisotopic (exact) mass is 296 g/mol. The molecule has 0 saturated heterocycles. The second kappa shape index (κ2) is 1.41. The fraction of sp³-hybridized carbons (Fsp3) is 1.00. The Bertz CT molecular complexity index is 1050. The van der Waals surface area contributed by atoms with E-state index in [9.17, 15) is 0 Å². The molecule has 0 nitrogen and oxygen atoms in total. The van der Waals surface area contributed by atoms with E-state index in [2.05, 4.69) is 0 Å². The molecule has 14 saturated carbocycles. The van der Waals surface area contributed by atoms with Gasteiger partial charge in [0.2, 0.25) is 0 Å². The van der Waals surface area contributed by atoms with Crippen LogP contribution in [0.4, 0.5) is 0 Å². The molecule has 23 heavy (non-hydrogen) atoms. The van der Waals surface area contributed by atoms with Crippen molar-refractivity contribution in [3.63, 3.8) is 0 Å². The van der Waals surface area contributed by atoms with Gasteiger partial charge in [0.25, 0.3) is 0 Å². The van der Waals surface area contributed by atoms with Gasteiger partial charge in [-0.2, -0.15) is 0 Å².